The van der Waals surface area contributed by atoms with Crippen molar-refractivity contribution in [2.75, 3.05) is 27.2 Å². The van der Waals surface area contributed by atoms with Gasteiger partial charge in [-0.15, -0.1) is 0 Å². The number of hydrogen-bond donors (Lipinski definition) is 0. The number of sulfonamides is 1. The number of hydrogen-bond acceptors (Lipinski definition) is 5. The van der Waals surface area contributed by atoms with Gasteiger partial charge in [-0.1, -0.05) is 24.3 Å². The molecule has 0 radical (unpaired) electrons. The van der Waals surface area contributed by atoms with Gasteiger partial charge in [0.1, 0.15) is 11.8 Å². The fourth-order valence-electron chi connectivity index (χ4n) is 3.66. The number of ether oxygens (including phenoxy) is 1. The molecule has 2 aromatic carbocycles. The molecule has 1 saturated heterocycles. The maximum absolute atomic E-state index is 12.9. The first-order valence-electron chi connectivity index (χ1n) is 9.74. The molecule has 0 bridgehead atoms. The van der Waals surface area contributed by atoms with Crippen molar-refractivity contribution in [1.29, 1.82) is 5.26 Å². The third kappa shape index (κ3) is 4.64. The van der Waals surface area contributed by atoms with E-state index in [1.54, 1.807) is 31.2 Å². The van der Waals surface area contributed by atoms with Crippen LogP contribution >= 0.6 is 0 Å². The first-order valence-corrected chi connectivity index (χ1v) is 11.2. The maximum atomic E-state index is 12.9. The van der Waals surface area contributed by atoms with E-state index >= 15 is 0 Å². The average molecular weight is 428 g/mol. The van der Waals surface area contributed by atoms with Crippen LogP contribution in [0.25, 0.3) is 0 Å². The second-order valence-electron chi connectivity index (χ2n) is 7.33. The molecule has 0 aliphatic carbocycles. The number of nitriles is 1. The molecular formula is C22H25N3O4S. The first kappa shape index (κ1) is 21.8. The summed E-state index contributed by atoms with van der Waals surface area (Å²) in [5, 5.41) is 9.22. The molecule has 158 valence electrons. The fourth-order valence-corrected chi connectivity index (χ4v) is 5.27. The Labute approximate surface area is 177 Å². The van der Waals surface area contributed by atoms with Gasteiger partial charge in [-0.3, -0.25) is 4.79 Å². The van der Waals surface area contributed by atoms with Crippen molar-refractivity contribution in [2.45, 2.75) is 24.3 Å². The number of nitrogens with zero attached hydrogens (tertiary/aromatic N) is 3. The lowest BCUT2D eigenvalue weighted by Gasteiger charge is -2.32. The van der Waals surface area contributed by atoms with Gasteiger partial charge in [0.2, 0.25) is 15.9 Å². The van der Waals surface area contributed by atoms with Gasteiger partial charge < -0.3 is 9.64 Å². The Bertz CT molecular complexity index is 1040. The Kier molecular flexibility index (Phi) is 6.75. The fraction of sp³-hybridized carbons (Fsp3) is 0.364. The second kappa shape index (κ2) is 9.28. The zero-order chi connectivity index (χ0) is 21.7. The van der Waals surface area contributed by atoms with Crippen LogP contribution in [0.5, 0.6) is 5.75 Å². The summed E-state index contributed by atoms with van der Waals surface area (Å²) >= 11 is 0. The average Bonchev–Trinajstić information content (AvgIpc) is 2.79. The van der Waals surface area contributed by atoms with E-state index < -0.39 is 10.0 Å². The van der Waals surface area contributed by atoms with E-state index in [0.29, 0.717) is 19.4 Å². The van der Waals surface area contributed by atoms with Gasteiger partial charge in [0.25, 0.3) is 0 Å². The minimum atomic E-state index is -3.76. The molecule has 0 unspecified atom stereocenters. The van der Waals surface area contributed by atoms with E-state index in [1.165, 1.54) is 16.4 Å². The highest BCUT2D eigenvalue weighted by Gasteiger charge is 2.34. The van der Waals surface area contributed by atoms with E-state index in [-0.39, 0.29) is 35.4 Å². The lowest BCUT2D eigenvalue weighted by molar-refractivity contribution is -0.135. The molecule has 0 atom stereocenters. The summed E-state index contributed by atoms with van der Waals surface area (Å²) in [4.78, 5) is 14.5. The van der Waals surface area contributed by atoms with Gasteiger partial charge in [0.15, 0.2) is 0 Å². The smallest absolute Gasteiger partial charge is 0.244 e. The van der Waals surface area contributed by atoms with Gasteiger partial charge in [-0.2, -0.15) is 9.57 Å². The van der Waals surface area contributed by atoms with Crippen molar-refractivity contribution in [3.63, 3.8) is 0 Å². The van der Waals surface area contributed by atoms with Crippen LogP contribution in [0.2, 0.25) is 0 Å². The van der Waals surface area contributed by atoms with Gasteiger partial charge in [0, 0.05) is 32.6 Å². The lowest BCUT2D eigenvalue weighted by Crippen LogP contribution is -2.43. The molecule has 1 aliphatic heterocycles. The van der Waals surface area contributed by atoms with Gasteiger partial charge in [-0.25, -0.2) is 8.42 Å². The van der Waals surface area contributed by atoms with Crippen LogP contribution < -0.4 is 4.74 Å². The van der Waals surface area contributed by atoms with Crippen LogP contribution in [0.3, 0.4) is 0 Å². The molecule has 1 aliphatic rings. The largest absolute Gasteiger partial charge is 0.497 e. The minimum absolute atomic E-state index is 0.0142. The van der Waals surface area contributed by atoms with Crippen molar-refractivity contribution < 1.29 is 17.9 Å². The first-order chi connectivity index (χ1) is 14.4. The zero-order valence-electron chi connectivity index (χ0n) is 17.1. The summed E-state index contributed by atoms with van der Waals surface area (Å²) in [6, 6.07) is 15.7. The molecule has 8 heteroatoms. The number of rotatable bonds is 6. The summed E-state index contributed by atoms with van der Waals surface area (Å²) in [6.07, 6.45) is 0.916. The van der Waals surface area contributed by atoms with Crippen LogP contribution in [0, 0.1) is 17.2 Å². The Morgan fingerprint density at radius 2 is 1.80 bits per heavy atom. The van der Waals surface area contributed by atoms with Crippen LogP contribution in [-0.2, 0) is 21.4 Å². The zero-order valence-corrected chi connectivity index (χ0v) is 17.9. The molecule has 0 N–H and O–H groups in total. The van der Waals surface area contributed by atoms with Crippen LogP contribution in [-0.4, -0.2) is 50.8 Å². The summed E-state index contributed by atoms with van der Waals surface area (Å²) in [6.45, 7) is 1.00. The van der Waals surface area contributed by atoms with E-state index in [2.05, 4.69) is 0 Å². The molecule has 3 rings (SSSR count). The van der Waals surface area contributed by atoms with Crippen LogP contribution in [0.4, 0.5) is 0 Å². The SMILES string of the molecule is COc1ccc(CN(C)C(=O)C2CCN(S(=O)(=O)c3ccccc3C#N)CC2)cc1. The molecular weight excluding hydrogens is 402 g/mol. The topological polar surface area (TPSA) is 90.7 Å². The molecule has 0 saturated carbocycles. The number of methoxy groups -OCH3 is 1. The standard InChI is InChI=1S/C22H25N3O4S/c1-24(16-17-7-9-20(29-2)10-8-17)22(26)18-11-13-25(14-12-18)30(27,28)21-6-4-3-5-19(21)15-23/h3-10,18H,11-14,16H2,1-2H3. The molecule has 0 spiro atoms. The molecule has 1 amide bonds. The lowest BCUT2D eigenvalue weighted by atomic mass is 9.96. The normalized spacial score (nSPS) is 15.4. The monoisotopic (exact) mass is 427 g/mol. The third-order valence-electron chi connectivity index (χ3n) is 5.38. The van der Waals surface area contributed by atoms with Crippen LogP contribution in [0.1, 0.15) is 24.0 Å². The van der Waals surface area contributed by atoms with Crippen molar-refractivity contribution >= 4 is 15.9 Å². The van der Waals surface area contributed by atoms with E-state index in [4.69, 9.17) is 4.74 Å². The Balaban J connectivity index is 1.61. The molecule has 2 aromatic rings. The Morgan fingerprint density at radius 1 is 1.17 bits per heavy atom. The number of carbonyl (C=O) groups excluding carboxylic acids is 1. The quantitative estimate of drug-likeness (QED) is 0.707. The molecule has 0 aromatic heterocycles. The number of piperidine rings is 1. The van der Waals surface area contributed by atoms with Gasteiger partial charge in [0.05, 0.1) is 17.6 Å². The summed E-state index contributed by atoms with van der Waals surface area (Å²) < 4.78 is 32.4. The highest BCUT2D eigenvalue weighted by molar-refractivity contribution is 7.89. The van der Waals surface area contributed by atoms with Crippen molar-refractivity contribution in [1.82, 2.24) is 9.21 Å². The summed E-state index contributed by atoms with van der Waals surface area (Å²) in [7, 11) is -0.385. The Hall–Kier alpha value is -2.89. The molecule has 30 heavy (non-hydrogen) atoms. The number of carbonyl (C=O) groups is 1. The molecule has 1 fully saturated rings. The highest BCUT2D eigenvalue weighted by atomic mass is 32.2. The van der Waals surface area contributed by atoms with Gasteiger partial charge >= 0.3 is 0 Å². The predicted molar refractivity (Wildman–Crippen MR) is 112 cm³/mol. The van der Waals surface area contributed by atoms with Crippen molar-refractivity contribution in [2.24, 2.45) is 5.92 Å². The molecule has 7 nitrogen and oxygen atoms in total. The van der Waals surface area contributed by atoms with Crippen molar-refractivity contribution in [3.8, 4) is 11.8 Å². The van der Waals surface area contributed by atoms with Crippen LogP contribution in [0.15, 0.2) is 53.4 Å². The number of amides is 1. The van der Waals surface area contributed by atoms with E-state index in [0.717, 1.165) is 11.3 Å². The summed E-state index contributed by atoms with van der Waals surface area (Å²) in [5.74, 6) is 0.561. The molecule has 1 heterocycles. The van der Waals surface area contributed by atoms with Crippen molar-refractivity contribution in [3.05, 3.63) is 59.7 Å². The van der Waals surface area contributed by atoms with Gasteiger partial charge in [-0.05, 0) is 42.7 Å². The Morgan fingerprint density at radius 3 is 2.40 bits per heavy atom. The third-order valence-corrected chi connectivity index (χ3v) is 7.34. The summed E-state index contributed by atoms with van der Waals surface area (Å²) in [5.41, 5.74) is 1.13. The van der Waals surface area contributed by atoms with E-state index in [1.807, 2.05) is 30.3 Å². The minimum Gasteiger partial charge on any atom is -0.497 e. The maximum Gasteiger partial charge on any atom is 0.244 e. The number of benzene rings is 2. The highest BCUT2D eigenvalue weighted by Crippen LogP contribution is 2.27. The second-order valence-corrected chi connectivity index (χ2v) is 9.24. The predicted octanol–water partition coefficient (Wildman–Crippen LogP) is 2.63. The van der Waals surface area contributed by atoms with E-state index in [9.17, 15) is 18.5 Å².